The van der Waals surface area contributed by atoms with Gasteiger partial charge >= 0.3 is 401 Å². The summed E-state index contributed by atoms with van der Waals surface area (Å²) in [5, 5.41) is 14.6. The van der Waals surface area contributed by atoms with Crippen LogP contribution in [0.1, 0.15) is 103 Å². The van der Waals surface area contributed by atoms with Crippen molar-refractivity contribution in [2.45, 2.75) is 91.9 Å². The van der Waals surface area contributed by atoms with Crippen LogP contribution in [0, 0.1) is 6.07 Å². The Hall–Kier alpha value is -5.56. The van der Waals surface area contributed by atoms with Gasteiger partial charge in [-0.15, -0.1) is 0 Å². The third kappa shape index (κ3) is 8.72. The summed E-state index contributed by atoms with van der Waals surface area (Å²) in [6.07, 6.45) is 1.90. The Balaban J connectivity index is 0.00000578. The largest absolute Gasteiger partial charge is 0 e. The molecule has 0 amide bonds. The van der Waals surface area contributed by atoms with Gasteiger partial charge in [-0.3, -0.25) is 0 Å². The van der Waals surface area contributed by atoms with Crippen molar-refractivity contribution < 1.29 is 30.6 Å². The zero-order chi connectivity index (χ0) is 46.9. The van der Waals surface area contributed by atoms with Crippen LogP contribution in [0.2, 0.25) is 0 Å². The normalized spacial score (nSPS) is 12.2. The molecule has 0 atom stereocenters. The van der Waals surface area contributed by atoms with Crippen LogP contribution >= 0.6 is 0 Å². The first kappa shape index (κ1) is 47.5. The van der Waals surface area contributed by atoms with Gasteiger partial charge in [-0.25, -0.2) is 0 Å². The van der Waals surface area contributed by atoms with E-state index in [0.717, 1.165) is 70.2 Å². The molecule has 3 aromatic heterocycles. The summed E-state index contributed by atoms with van der Waals surface area (Å²) in [7, 11) is 0. The predicted molar refractivity (Wildman–Crippen MR) is 282 cm³/mol. The summed E-state index contributed by atoms with van der Waals surface area (Å²) in [4.78, 5) is 10.7. The van der Waals surface area contributed by atoms with Crippen molar-refractivity contribution in [3.05, 3.63) is 174 Å². The second kappa shape index (κ2) is 18.4. The van der Waals surface area contributed by atoms with Crippen LogP contribution < -0.4 is 0 Å². The summed E-state index contributed by atoms with van der Waals surface area (Å²) in [6, 6.07) is 53.8. The van der Waals surface area contributed by atoms with Crippen molar-refractivity contribution in [1.82, 2.24) is 9.97 Å². The number of fused-ring (bicyclic) bond motifs is 4. The summed E-state index contributed by atoms with van der Waals surface area (Å²) in [5.74, 6) is 0.773. The number of furan rings is 1. The van der Waals surface area contributed by atoms with Gasteiger partial charge in [0.15, 0.2) is 0 Å². The molecule has 0 aliphatic rings. The van der Waals surface area contributed by atoms with Crippen LogP contribution in [0.4, 0.5) is 0 Å². The Morgan fingerprint density at radius 1 is 0.588 bits per heavy atom. The van der Waals surface area contributed by atoms with Gasteiger partial charge in [-0.05, 0) is 0 Å². The molecule has 0 radical (unpaired) electrons. The fourth-order valence-electron chi connectivity index (χ4n) is 9.53. The molecule has 10 rings (SSSR count). The van der Waals surface area contributed by atoms with Crippen LogP contribution in [0.25, 0.3) is 95.9 Å². The molecule has 344 valence electrons. The zero-order valence-electron chi connectivity index (χ0n) is 40.5. The van der Waals surface area contributed by atoms with Crippen LogP contribution in [0.15, 0.2) is 150 Å². The smallest absolute Gasteiger partial charge is 0 e. The van der Waals surface area contributed by atoms with E-state index in [2.05, 4.69) is 197 Å². The maximum atomic E-state index is 12.6. The van der Waals surface area contributed by atoms with Crippen molar-refractivity contribution in [2.75, 3.05) is 0 Å². The number of hydrogen-bond acceptors (Lipinski definition) is 4. The molecule has 0 spiro atoms. The maximum absolute atomic E-state index is 12.6. The second-order valence-electron chi connectivity index (χ2n) is 20.7. The first-order valence-electron chi connectivity index (χ1n) is 23.5. The van der Waals surface area contributed by atoms with E-state index in [-0.39, 0.29) is 49.5 Å². The Kier molecular flexibility index (Phi) is 12.9. The van der Waals surface area contributed by atoms with E-state index in [0.29, 0.717) is 5.58 Å². The average Bonchev–Trinajstić information content (AvgIpc) is 3.92. The Bertz CT molecular complexity index is 3470. The molecule has 10 aromatic rings. The van der Waals surface area contributed by atoms with E-state index in [4.69, 9.17) is 14.4 Å². The molecule has 0 aliphatic carbocycles. The van der Waals surface area contributed by atoms with E-state index < -0.39 is 20.4 Å². The molecule has 0 bridgehead atoms. The number of rotatable bonds is 8. The number of benzene rings is 7. The van der Waals surface area contributed by atoms with E-state index in [1.807, 2.05) is 24.4 Å². The summed E-state index contributed by atoms with van der Waals surface area (Å²) < 4.78 is 8.94. The van der Waals surface area contributed by atoms with Gasteiger partial charge in [-0.1, -0.05) is 6.07 Å². The first-order chi connectivity index (χ1) is 32.0. The van der Waals surface area contributed by atoms with Gasteiger partial charge in [0.05, 0.1) is 0 Å². The van der Waals surface area contributed by atoms with E-state index >= 15 is 0 Å². The average molecular weight is 1180 g/mol. The number of aromatic nitrogens is 2. The molecule has 7 aromatic carbocycles. The van der Waals surface area contributed by atoms with Crippen molar-refractivity contribution in [3.8, 4) is 70.8 Å². The van der Waals surface area contributed by atoms with Crippen molar-refractivity contribution in [2.24, 2.45) is 0 Å². The molecule has 6 heteroatoms. The number of para-hydroxylation sites is 1. The van der Waals surface area contributed by atoms with Gasteiger partial charge in [0.1, 0.15) is 0 Å². The quantitative estimate of drug-likeness (QED) is 0.122. The van der Waals surface area contributed by atoms with Gasteiger partial charge in [0.2, 0.25) is 0 Å². The number of pyridine rings is 1. The summed E-state index contributed by atoms with van der Waals surface area (Å²) >= 11 is -1.25. The van der Waals surface area contributed by atoms with Crippen molar-refractivity contribution in [1.29, 1.82) is 0 Å². The topological polar surface area (TPSA) is 59.2 Å². The third-order valence-electron chi connectivity index (χ3n) is 13.2. The number of aromatic hydroxyl groups is 1. The summed E-state index contributed by atoms with van der Waals surface area (Å²) in [5.41, 5.74) is 18.5. The monoisotopic (exact) mass is 1190 g/mol. The third-order valence-corrected chi connectivity index (χ3v) is 16.4. The minimum atomic E-state index is -1.25. The Morgan fingerprint density at radius 3 is 1.82 bits per heavy atom. The minimum Gasteiger partial charge on any atom is 0 e. The molecule has 1 N–H and O–H groups in total. The van der Waals surface area contributed by atoms with Crippen LogP contribution in [0.3, 0.4) is 0 Å². The minimum absolute atomic E-state index is 0. The van der Waals surface area contributed by atoms with E-state index in [1.54, 1.807) is 0 Å². The number of nitrogens with zero attached hydrogens (tertiary/aromatic N) is 2. The van der Waals surface area contributed by atoms with Crippen LogP contribution in [-0.2, 0) is 31.9 Å². The molecular weight excluding hydrogens is 1130 g/mol. The SMILES string of the molecule is CC(C)c1cc(-c2ccccc2)cc(C(C)C)c1-c1ccc(-c2[c-]c(-c3cc(-c4ccccc4)ccn3)cc(C(C)(C)C)c2)c2nc(-c3c(O)c(C(C)(C)C)cc4c3oc3ccccc34)[te]c12.[Pt]. The second-order valence-corrected chi connectivity index (χ2v) is 23.5. The van der Waals surface area contributed by atoms with Crippen LogP contribution in [-0.4, -0.2) is 35.5 Å². The van der Waals surface area contributed by atoms with Crippen LogP contribution in [0.5, 0.6) is 5.75 Å². The first-order valence-corrected chi connectivity index (χ1v) is 25.8. The maximum Gasteiger partial charge on any atom is 0 e. The fourth-order valence-corrected chi connectivity index (χ4v) is 12.8. The van der Waals surface area contributed by atoms with Crippen molar-refractivity contribution in [3.63, 3.8) is 0 Å². The molecular formula is C62H57N2O2PtTe-. The van der Waals surface area contributed by atoms with E-state index in [1.165, 1.54) is 42.3 Å². The standard InChI is InChI=1S/C62H57N2O2Te.Pt/c1-36(2)48-32-41(39-21-15-12-16-22-39)33-49(37(3)4)54(48)47-26-25-45(42-29-43(31-44(30-42)61(5,6)7)52-34-40(27-28-63-52)38-19-13-11-14-20-38)56-59(47)67-60(64-56)55-57(65)51(62(8,9)10)35-50-46-23-17-18-24-53(46)66-58(50)55;/h11-28,30-37,65H,1-10H3;/q-1;. The molecule has 0 saturated carbocycles. The predicted octanol–water partition coefficient (Wildman–Crippen LogP) is 16.9. The summed E-state index contributed by atoms with van der Waals surface area (Å²) in [6.45, 7) is 22.6. The Labute approximate surface area is 425 Å². The molecule has 3 heterocycles. The van der Waals surface area contributed by atoms with Gasteiger partial charge in [0.25, 0.3) is 0 Å². The molecule has 68 heavy (non-hydrogen) atoms. The molecule has 0 saturated heterocycles. The fraction of sp³-hybridized carbons (Fsp3) is 0.226. The number of phenols is 1. The van der Waals surface area contributed by atoms with Gasteiger partial charge in [0, 0.05) is 21.1 Å². The van der Waals surface area contributed by atoms with E-state index in [9.17, 15) is 5.11 Å². The number of phenolic OH excluding ortho intramolecular Hbond substituents is 1. The van der Waals surface area contributed by atoms with Gasteiger partial charge < -0.3 is 0 Å². The molecule has 0 unspecified atom stereocenters. The van der Waals surface area contributed by atoms with Gasteiger partial charge in [-0.2, -0.15) is 0 Å². The van der Waals surface area contributed by atoms with Crippen molar-refractivity contribution >= 4 is 51.3 Å². The Morgan fingerprint density at radius 2 is 1.19 bits per heavy atom. The molecule has 0 fully saturated rings. The zero-order valence-corrected chi connectivity index (χ0v) is 45.1. The number of hydrogen-bond donors (Lipinski definition) is 1. The molecule has 4 nitrogen and oxygen atoms in total. The molecule has 0 aliphatic heterocycles.